The van der Waals surface area contributed by atoms with Crippen LogP contribution in [0.3, 0.4) is 0 Å². The third-order valence-electron chi connectivity index (χ3n) is 2.95. The van der Waals surface area contributed by atoms with E-state index < -0.39 is 0 Å². The fraction of sp³-hybridized carbons (Fsp3) is 0.267. The number of anilines is 1. The summed E-state index contributed by atoms with van der Waals surface area (Å²) in [6.45, 7) is 5.10. The van der Waals surface area contributed by atoms with Crippen LogP contribution in [0.5, 0.6) is 0 Å². The number of hydrogen-bond acceptors (Lipinski definition) is 2. The lowest BCUT2D eigenvalue weighted by atomic mass is 10.1. The SMILES string of the molecule is CCc1ccc(CNc2cnccc2C)cc1. The molecule has 0 bridgehead atoms. The zero-order valence-corrected chi connectivity index (χ0v) is 10.4. The van der Waals surface area contributed by atoms with E-state index in [9.17, 15) is 0 Å². The first-order chi connectivity index (χ1) is 8.29. The number of aromatic nitrogens is 1. The highest BCUT2D eigenvalue weighted by Gasteiger charge is 1.97. The predicted molar refractivity (Wildman–Crippen MR) is 72.1 cm³/mol. The summed E-state index contributed by atoms with van der Waals surface area (Å²) in [6, 6.07) is 10.7. The van der Waals surface area contributed by atoms with E-state index in [1.807, 2.05) is 18.5 Å². The molecule has 2 heteroatoms. The van der Waals surface area contributed by atoms with Crippen LogP contribution >= 0.6 is 0 Å². The molecule has 17 heavy (non-hydrogen) atoms. The van der Waals surface area contributed by atoms with Crippen molar-refractivity contribution < 1.29 is 0 Å². The molecule has 1 N–H and O–H groups in total. The number of nitrogens with one attached hydrogen (secondary N) is 1. The van der Waals surface area contributed by atoms with Crippen LogP contribution in [-0.2, 0) is 13.0 Å². The van der Waals surface area contributed by atoms with E-state index in [1.165, 1.54) is 16.7 Å². The number of aryl methyl sites for hydroxylation is 2. The highest BCUT2D eigenvalue weighted by Crippen LogP contribution is 2.13. The number of nitrogens with zero attached hydrogens (tertiary/aromatic N) is 1. The van der Waals surface area contributed by atoms with Gasteiger partial charge >= 0.3 is 0 Å². The average Bonchev–Trinajstić information content (AvgIpc) is 2.38. The van der Waals surface area contributed by atoms with Gasteiger partial charge in [-0.25, -0.2) is 0 Å². The van der Waals surface area contributed by atoms with Crippen LogP contribution in [0.2, 0.25) is 0 Å². The second-order valence-corrected chi connectivity index (χ2v) is 4.21. The minimum Gasteiger partial charge on any atom is -0.380 e. The third-order valence-corrected chi connectivity index (χ3v) is 2.95. The fourth-order valence-corrected chi connectivity index (χ4v) is 1.74. The number of pyridine rings is 1. The second kappa shape index (κ2) is 5.48. The normalized spacial score (nSPS) is 10.2. The van der Waals surface area contributed by atoms with E-state index in [-0.39, 0.29) is 0 Å². The van der Waals surface area contributed by atoms with Gasteiger partial charge in [-0.2, -0.15) is 0 Å². The van der Waals surface area contributed by atoms with Crippen LogP contribution in [-0.4, -0.2) is 4.98 Å². The van der Waals surface area contributed by atoms with Gasteiger partial charge in [0, 0.05) is 12.7 Å². The van der Waals surface area contributed by atoms with E-state index in [0.29, 0.717) is 0 Å². The molecule has 1 heterocycles. The molecule has 1 aromatic heterocycles. The molecule has 0 unspecified atom stereocenters. The summed E-state index contributed by atoms with van der Waals surface area (Å²) in [4.78, 5) is 4.12. The van der Waals surface area contributed by atoms with Crippen molar-refractivity contribution >= 4 is 5.69 Å². The molecule has 0 spiro atoms. The van der Waals surface area contributed by atoms with Gasteiger partial charge in [0.25, 0.3) is 0 Å². The van der Waals surface area contributed by atoms with Crippen molar-refractivity contribution in [1.82, 2.24) is 4.98 Å². The summed E-state index contributed by atoms with van der Waals surface area (Å²) in [5, 5.41) is 3.40. The lowest BCUT2D eigenvalue weighted by Crippen LogP contribution is -2.01. The lowest BCUT2D eigenvalue weighted by Gasteiger charge is -2.09. The highest BCUT2D eigenvalue weighted by molar-refractivity contribution is 5.48. The van der Waals surface area contributed by atoms with Gasteiger partial charge in [0.15, 0.2) is 0 Å². The largest absolute Gasteiger partial charge is 0.380 e. The summed E-state index contributed by atoms with van der Waals surface area (Å²) in [6.07, 6.45) is 4.78. The van der Waals surface area contributed by atoms with Gasteiger partial charge in [0.2, 0.25) is 0 Å². The van der Waals surface area contributed by atoms with Crippen molar-refractivity contribution in [3.05, 3.63) is 59.4 Å². The van der Waals surface area contributed by atoms with Gasteiger partial charge in [0.05, 0.1) is 11.9 Å². The van der Waals surface area contributed by atoms with Gasteiger partial charge in [0.1, 0.15) is 0 Å². The molecular weight excluding hydrogens is 208 g/mol. The Bertz CT molecular complexity index is 475. The molecule has 0 fully saturated rings. The van der Waals surface area contributed by atoms with Crippen LogP contribution in [0.4, 0.5) is 5.69 Å². The molecule has 0 saturated heterocycles. The van der Waals surface area contributed by atoms with Crippen LogP contribution in [0.1, 0.15) is 23.6 Å². The third kappa shape index (κ3) is 3.06. The Morgan fingerprint density at radius 2 is 1.76 bits per heavy atom. The first kappa shape index (κ1) is 11.6. The standard InChI is InChI=1S/C15H18N2/c1-3-13-4-6-14(7-5-13)10-17-15-11-16-9-8-12(15)2/h4-9,11,17H,3,10H2,1-2H3. The van der Waals surface area contributed by atoms with E-state index in [0.717, 1.165) is 18.7 Å². The molecule has 1 aromatic carbocycles. The average molecular weight is 226 g/mol. The molecule has 0 aliphatic carbocycles. The maximum atomic E-state index is 4.12. The quantitative estimate of drug-likeness (QED) is 0.862. The van der Waals surface area contributed by atoms with Gasteiger partial charge in [-0.3, -0.25) is 4.98 Å². The Balaban J connectivity index is 2.00. The highest BCUT2D eigenvalue weighted by atomic mass is 14.9. The van der Waals surface area contributed by atoms with E-state index in [4.69, 9.17) is 0 Å². The summed E-state index contributed by atoms with van der Waals surface area (Å²) >= 11 is 0. The first-order valence-corrected chi connectivity index (χ1v) is 6.02. The molecule has 88 valence electrons. The lowest BCUT2D eigenvalue weighted by molar-refractivity contribution is 1.10. The molecule has 0 atom stereocenters. The Morgan fingerprint density at radius 3 is 2.41 bits per heavy atom. The zero-order chi connectivity index (χ0) is 12.1. The minimum absolute atomic E-state index is 0.844. The van der Waals surface area contributed by atoms with E-state index in [2.05, 4.69) is 48.4 Å². The van der Waals surface area contributed by atoms with Gasteiger partial charge in [-0.15, -0.1) is 0 Å². The molecule has 2 nitrogen and oxygen atoms in total. The summed E-state index contributed by atoms with van der Waals surface area (Å²) in [5.41, 5.74) is 5.01. The van der Waals surface area contributed by atoms with Crippen LogP contribution in [0.25, 0.3) is 0 Å². The molecule has 0 saturated carbocycles. The van der Waals surface area contributed by atoms with Crippen molar-refractivity contribution in [1.29, 1.82) is 0 Å². The van der Waals surface area contributed by atoms with Crippen molar-refractivity contribution in [2.75, 3.05) is 5.32 Å². The monoisotopic (exact) mass is 226 g/mol. The first-order valence-electron chi connectivity index (χ1n) is 6.02. The van der Waals surface area contributed by atoms with Gasteiger partial charge < -0.3 is 5.32 Å². The van der Waals surface area contributed by atoms with Crippen LogP contribution in [0.15, 0.2) is 42.7 Å². The maximum absolute atomic E-state index is 4.12. The predicted octanol–water partition coefficient (Wildman–Crippen LogP) is 3.56. The molecule has 0 aliphatic rings. The smallest absolute Gasteiger partial charge is 0.0559 e. The molecule has 0 radical (unpaired) electrons. The van der Waals surface area contributed by atoms with Crippen molar-refractivity contribution in [3.8, 4) is 0 Å². The summed E-state index contributed by atoms with van der Waals surface area (Å²) in [5.74, 6) is 0. The Kier molecular flexibility index (Phi) is 3.76. The number of rotatable bonds is 4. The Morgan fingerprint density at radius 1 is 1.06 bits per heavy atom. The van der Waals surface area contributed by atoms with Gasteiger partial charge in [-0.1, -0.05) is 31.2 Å². The van der Waals surface area contributed by atoms with Crippen LogP contribution in [0, 0.1) is 6.92 Å². The van der Waals surface area contributed by atoms with Crippen molar-refractivity contribution in [2.24, 2.45) is 0 Å². The van der Waals surface area contributed by atoms with Crippen molar-refractivity contribution in [3.63, 3.8) is 0 Å². The summed E-state index contributed by atoms with van der Waals surface area (Å²) < 4.78 is 0. The van der Waals surface area contributed by atoms with Crippen LogP contribution < -0.4 is 5.32 Å². The Labute approximate surface area is 103 Å². The number of hydrogen-bond donors (Lipinski definition) is 1. The van der Waals surface area contributed by atoms with E-state index >= 15 is 0 Å². The molecular formula is C15H18N2. The second-order valence-electron chi connectivity index (χ2n) is 4.21. The number of benzene rings is 1. The van der Waals surface area contributed by atoms with E-state index in [1.54, 1.807) is 0 Å². The topological polar surface area (TPSA) is 24.9 Å². The minimum atomic E-state index is 0.844. The molecule has 0 aliphatic heterocycles. The molecule has 2 aromatic rings. The molecule has 0 amide bonds. The Hall–Kier alpha value is -1.83. The maximum Gasteiger partial charge on any atom is 0.0559 e. The molecule has 2 rings (SSSR count). The van der Waals surface area contributed by atoms with Crippen molar-refractivity contribution in [2.45, 2.75) is 26.8 Å². The fourth-order valence-electron chi connectivity index (χ4n) is 1.74. The van der Waals surface area contributed by atoms with Gasteiger partial charge in [-0.05, 0) is 36.1 Å². The zero-order valence-electron chi connectivity index (χ0n) is 10.4. The summed E-state index contributed by atoms with van der Waals surface area (Å²) in [7, 11) is 0.